The lowest BCUT2D eigenvalue weighted by Gasteiger charge is -2.16. The van der Waals surface area contributed by atoms with Crippen LogP contribution in [0.3, 0.4) is 0 Å². The first-order valence-corrected chi connectivity index (χ1v) is 10.1. The number of aromatic nitrogens is 2. The maximum Gasteiger partial charge on any atom is 0.232 e. The summed E-state index contributed by atoms with van der Waals surface area (Å²) in [5.74, 6) is 1.22. The van der Waals surface area contributed by atoms with Crippen LogP contribution in [-0.4, -0.2) is 29.2 Å². The number of halogens is 2. The number of nitrogens with zero attached hydrogens (tertiary/aromatic N) is 3. The molecular weight excluding hydrogens is 409 g/mol. The fourth-order valence-corrected chi connectivity index (χ4v) is 3.43. The predicted octanol–water partition coefficient (Wildman–Crippen LogP) is 5.08. The standard InChI is InChI=1S/C22H21ClFN3O3/c1-13(2)12-29-17-6-3-14(4-7-17)21-25-22(30-26-21)15-9-20(28)27(11-15)16-5-8-19(24)18(23)10-16/h3-8,10,13,15H,9,11-12H2,1-2H3. The van der Waals surface area contributed by atoms with Gasteiger partial charge in [-0.05, 0) is 48.4 Å². The largest absolute Gasteiger partial charge is 0.493 e. The molecule has 156 valence electrons. The quantitative estimate of drug-likeness (QED) is 0.546. The molecular formula is C22H21ClFN3O3. The molecule has 0 saturated carbocycles. The van der Waals surface area contributed by atoms with Crippen molar-refractivity contribution in [2.75, 3.05) is 18.1 Å². The molecule has 0 aliphatic carbocycles. The third kappa shape index (κ3) is 4.31. The van der Waals surface area contributed by atoms with Crippen LogP contribution < -0.4 is 9.64 Å². The molecule has 1 amide bonds. The van der Waals surface area contributed by atoms with Crippen LogP contribution >= 0.6 is 11.6 Å². The Hall–Kier alpha value is -2.93. The zero-order valence-corrected chi connectivity index (χ0v) is 17.4. The molecule has 1 atom stereocenters. The van der Waals surface area contributed by atoms with Gasteiger partial charge >= 0.3 is 0 Å². The predicted molar refractivity (Wildman–Crippen MR) is 111 cm³/mol. The van der Waals surface area contributed by atoms with Gasteiger partial charge in [-0.1, -0.05) is 30.6 Å². The first kappa shape index (κ1) is 20.3. The Balaban J connectivity index is 1.46. The molecule has 1 saturated heterocycles. The molecule has 0 N–H and O–H groups in total. The SMILES string of the molecule is CC(C)COc1ccc(-c2noc(C3CC(=O)N(c4ccc(F)c(Cl)c4)C3)n2)cc1. The number of carbonyl (C=O) groups excluding carboxylic acids is 1. The maximum atomic E-state index is 13.4. The van der Waals surface area contributed by atoms with Crippen molar-refractivity contribution in [2.45, 2.75) is 26.2 Å². The Kier molecular flexibility index (Phi) is 5.72. The molecule has 2 aromatic carbocycles. The number of anilines is 1. The van der Waals surface area contributed by atoms with Gasteiger partial charge in [0.25, 0.3) is 0 Å². The summed E-state index contributed by atoms with van der Waals surface area (Å²) in [7, 11) is 0. The van der Waals surface area contributed by atoms with E-state index < -0.39 is 5.82 Å². The molecule has 1 aliphatic heterocycles. The Morgan fingerprint density at radius 2 is 2.03 bits per heavy atom. The monoisotopic (exact) mass is 429 g/mol. The van der Waals surface area contributed by atoms with E-state index in [1.165, 1.54) is 18.2 Å². The second-order valence-electron chi connectivity index (χ2n) is 7.69. The van der Waals surface area contributed by atoms with Crippen LogP contribution in [0.15, 0.2) is 47.0 Å². The van der Waals surface area contributed by atoms with E-state index in [9.17, 15) is 9.18 Å². The average molecular weight is 430 g/mol. The summed E-state index contributed by atoms with van der Waals surface area (Å²) in [4.78, 5) is 18.5. The van der Waals surface area contributed by atoms with Gasteiger partial charge in [0, 0.05) is 24.2 Å². The zero-order chi connectivity index (χ0) is 21.3. The van der Waals surface area contributed by atoms with Gasteiger partial charge in [0.1, 0.15) is 11.6 Å². The van der Waals surface area contributed by atoms with Crippen molar-refractivity contribution in [3.05, 3.63) is 59.2 Å². The minimum absolute atomic E-state index is 0.0235. The van der Waals surface area contributed by atoms with Gasteiger partial charge in [-0.3, -0.25) is 4.79 Å². The number of hydrogen-bond donors (Lipinski definition) is 0. The fourth-order valence-electron chi connectivity index (χ4n) is 3.26. The zero-order valence-electron chi connectivity index (χ0n) is 16.6. The number of hydrogen-bond acceptors (Lipinski definition) is 5. The normalized spacial score (nSPS) is 16.5. The Morgan fingerprint density at radius 3 is 2.73 bits per heavy atom. The number of carbonyl (C=O) groups is 1. The Morgan fingerprint density at radius 1 is 1.27 bits per heavy atom. The summed E-state index contributed by atoms with van der Waals surface area (Å²) in [6.07, 6.45) is 0.235. The maximum absolute atomic E-state index is 13.4. The van der Waals surface area contributed by atoms with E-state index >= 15 is 0 Å². The minimum Gasteiger partial charge on any atom is -0.493 e. The second kappa shape index (κ2) is 8.44. The van der Waals surface area contributed by atoms with Gasteiger partial charge in [0.15, 0.2) is 0 Å². The number of rotatable bonds is 6. The van der Waals surface area contributed by atoms with E-state index in [1.54, 1.807) is 4.90 Å². The molecule has 4 rings (SSSR count). The molecule has 3 aromatic rings. The van der Waals surface area contributed by atoms with E-state index in [0.717, 1.165) is 11.3 Å². The lowest BCUT2D eigenvalue weighted by atomic mass is 10.1. The Labute approximate surface area is 178 Å². The number of amides is 1. The van der Waals surface area contributed by atoms with Gasteiger partial charge in [-0.25, -0.2) is 4.39 Å². The van der Waals surface area contributed by atoms with E-state index in [-0.39, 0.29) is 23.3 Å². The van der Waals surface area contributed by atoms with Crippen molar-refractivity contribution in [1.29, 1.82) is 0 Å². The molecule has 0 radical (unpaired) electrons. The van der Waals surface area contributed by atoms with Crippen LogP contribution in [0.5, 0.6) is 5.75 Å². The summed E-state index contributed by atoms with van der Waals surface area (Å²) in [5.41, 5.74) is 1.35. The molecule has 1 aromatic heterocycles. The fraction of sp³-hybridized carbons (Fsp3) is 0.318. The third-order valence-electron chi connectivity index (χ3n) is 4.83. The van der Waals surface area contributed by atoms with Gasteiger partial charge < -0.3 is 14.2 Å². The highest BCUT2D eigenvalue weighted by Crippen LogP contribution is 2.33. The first-order chi connectivity index (χ1) is 14.4. The molecule has 0 bridgehead atoms. The molecule has 1 unspecified atom stereocenters. The van der Waals surface area contributed by atoms with Gasteiger partial charge in [-0.2, -0.15) is 4.98 Å². The van der Waals surface area contributed by atoms with E-state index in [1.807, 2.05) is 24.3 Å². The Bertz CT molecular complexity index is 1050. The van der Waals surface area contributed by atoms with Crippen LogP contribution in [0, 0.1) is 11.7 Å². The minimum atomic E-state index is -0.522. The average Bonchev–Trinajstić information content (AvgIpc) is 3.36. The van der Waals surface area contributed by atoms with Gasteiger partial charge in [-0.15, -0.1) is 0 Å². The van der Waals surface area contributed by atoms with Crippen molar-refractivity contribution < 1.29 is 18.4 Å². The lowest BCUT2D eigenvalue weighted by molar-refractivity contribution is -0.117. The van der Waals surface area contributed by atoms with Crippen molar-refractivity contribution in [1.82, 2.24) is 10.1 Å². The summed E-state index contributed by atoms with van der Waals surface area (Å²) in [6.45, 7) is 5.20. The van der Waals surface area contributed by atoms with E-state index in [2.05, 4.69) is 24.0 Å². The second-order valence-corrected chi connectivity index (χ2v) is 8.10. The van der Waals surface area contributed by atoms with Crippen molar-refractivity contribution in [3.8, 4) is 17.1 Å². The van der Waals surface area contributed by atoms with Crippen molar-refractivity contribution >= 4 is 23.2 Å². The van der Waals surface area contributed by atoms with Gasteiger partial charge in [0.2, 0.25) is 17.6 Å². The summed E-state index contributed by atoms with van der Waals surface area (Å²) in [5, 5.41) is 4.03. The van der Waals surface area contributed by atoms with Crippen molar-refractivity contribution in [3.63, 3.8) is 0 Å². The molecule has 1 fully saturated rings. The van der Waals surface area contributed by atoms with Gasteiger partial charge in [0.05, 0.1) is 17.5 Å². The third-order valence-corrected chi connectivity index (χ3v) is 5.12. The highest BCUT2D eigenvalue weighted by Gasteiger charge is 2.35. The summed E-state index contributed by atoms with van der Waals surface area (Å²) < 4.78 is 24.5. The summed E-state index contributed by atoms with van der Waals surface area (Å²) in [6, 6.07) is 11.7. The molecule has 2 heterocycles. The van der Waals surface area contributed by atoms with Crippen LogP contribution in [-0.2, 0) is 4.79 Å². The topological polar surface area (TPSA) is 68.5 Å². The number of benzene rings is 2. The van der Waals surface area contributed by atoms with Crippen molar-refractivity contribution in [2.24, 2.45) is 5.92 Å². The van der Waals surface area contributed by atoms with Crippen LogP contribution in [0.1, 0.15) is 32.1 Å². The lowest BCUT2D eigenvalue weighted by Crippen LogP contribution is -2.24. The summed E-state index contributed by atoms with van der Waals surface area (Å²) >= 11 is 5.85. The first-order valence-electron chi connectivity index (χ1n) is 9.73. The highest BCUT2D eigenvalue weighted by atomic mass is 35.5. The molecule has 8 heteroatoms. The van der Waals surface area contributed by atoms with E-state index in [0.29, 0.717) is 36.5 Å². The highest BCUT2D eigenvalue weighted by molar-refractivity contribution is 6.31. The van der Waals surface area contributed by atoms with Crippen LogP contribution in [0.25, 0.3) is 11.4 Å². The van der Waals surface area contributed by atoms with Crippen LogP contribution in [0.2, 0.25) is 5.02 Å². The van der Waals surface area contributed by atoms with E-state index in [4.69, 9.17) is 20.9 Å². The van der Waals surface area contributed by atoms with Crippen LogP contribution in [0.4, 0.5) is 10.1 Å². The molecule has 1 aliphatic rings. The number of ether oxygens (including phenoxy) is 1. The molecule has 30 heavy (non-hydrogen) atoms. The smallest absolute Gasteiger partial charge is 0.232 e. The molecule has 0 spiro atoms. The molecule has 6 nitrogen and oxygen atoms in total.